The van der Waals surface area contributed by atoms with Crippen molar-refractivity contribution in [1.82, 2.24) is 5.43 Å². The van der Waals surface area contributed by atoms with E-state index in [9.17, 15) is 13.6 Å². The molecule has 1 aromatic carbocycles. The maximum Gasteiger partial charge on any atom is 0.483 e. The van der Waals surface area contributed by atoms with Crippen LogP contribution in [0, 0.1) is 13.8 Å². The molecule has 0 spiro atoms. The second-order valence-electron chi connectivity index (χ2n) is 3.46. The summed E-state index contributed by atoms with van der Waals surface area (Å²) in [6.07, 6.45) is -4.03. The Kier molecular flexibility index (Phi) is 3.90. The van der Waals surface area contributed by atoms with Crippen molar-refractivity contribution in [3.63, 3.8) is 0 Å². The number of rotatable bonds is 3. The lowest BCUT2D eigenvalue weighted by Gasteiger charge is -2.17. The molecule has 1 amide bonds. The molecular formula is C10H11ClF2N2O2. The fourth-order valence-corrected chi connectivity index (χ4v) is 1.35. The molecule has 0 radical (unpaired) electrons. The minimum Gasteiger partial charge on any atom is -0.425 e. The number of hydrogen-bond donors (Lipinski definition) is 2. The minimum atomic E-state index is -4.03. The lowest BCUT2D eigenvalue weighted by Crippen LogP contribution is -2.47. The Morgan fingerprint density at radius 2 is 1.88 bits per heavy atom. The molecule has 1 rings (SSSR count). The van der Waals surface area contributed by atoms with Crippen molar-refractivity contribution in [3.8, 4) is 5.75 Å². The van der Waals surface area contributed by atoms with E-state index in [2.05, 4.69) is 10.6 Å². The molecule has 94 valence electrons. The molecule has 0 aliphatic rings. The molecule has 0 unspecified atom stereocenters. The van der Waals surface area contributed by atoms with Crippen LogP contribution in [-0.2, 0) is 4.79 Å². The van der Waals surface area contributed by atoms with Gasteiger partial charge in [0.05, 0.1) is 0 Å². The van der Waals surface area contributed by atoms with Gasteiger partial charge >= 0.3 is 12.0 Å². The van der Waals surface area contributed by atoms with Crippen LogP contribution < -0.4 is 16.0 Å². The standard InChI is InChI=1S/C10H11ClF2N2O2/c1-5-3-7(4-6(2)8(5)11)17-10(12,13)9(16)15-14/h3-4H,14H2,1-2H3,(H,15,16). The molecule has 7 heteroatoms. The number of nitrogens with one attached hydrogen (secondary N) is 1. The molecule has 0 bridgehead atoms. The van der Waals surface area contributed by atoms with Gasteiger partial charge in [0.15, 0.2) is 0 Å². The van der Waals surface area contributed by atoms with Gasteiger partial charge in [-0.1, -0.05) is 11.6 Å². The Labute approximate surface area is 102 Å². The summed E-state index contributed by atoms with van der Waals surface area (Å²) < 4.78 is 30.5. The van der Waals surface area contributed by atoms with Crippen LogP contribution >= 0.6 is 11.6 Å². The molecule has 0 saturated heterocycles. The fraction of sp³-hybridized carbons (Fsp3) is 0.300. The highest BCUT2D eigenvalue weighted by Gasteiger charge is 2.41. The summed E-state index contributed by atoms with van der Waals surface area (Å²) in [4.78, 5) is 10.7. The Hall–Kier alpha value is -1.40. The van der Waals surface area contributed by atoms with Gasteiger partial charge < -0.3 is 4.74 Å². The van der Waals surface area contributed by atoms with Crippen LogP contribution in [0.1, 0.15) is 11.1 Å². The van der Waals surface area contributed by atoms with E-state index in [1.165, 1.54) is 17.6 Å². The Morgan fingerprint density at radius 1 is 1.41 bits per heavy atom. The van der Waals surface area contributed by atoms with E-state index >= 15 is 0 Å². The van der Waals surface area contributed by atoms with E-state index in [4.69, 9.17) is 11.6 Å². The predicted octanol–water partition coefficient (Wildman–Crippen LogP) is 1.92. The molecule has 4 nitrogen and oxygen atoms in total. The molecule has 0 atom stereocenters. The number of hydrazine groups is 1. The van der Waals surface area contributed by atoms with Gasteiger partial charge in [0.2, 0.25) is 0 Å². The smallest absolute Gasteiger partial charge is 0.425 e. The van der Waals surface area contributed by atoms with E-state index in [-0.39, 0.29) is 5.75 Å². The van der Waals surface area contributed by atoms with E-state index < -0.39 is 12.0 Å². The third-order valence-corrected chi connectivity index (χ3v) is 2.65. The molecule has 0 aliphatic carbocycles. The second-order valence-corrected chi connectivity index (χ2v) is 3.84. The van der Waals surface area contributed by atoms with Gasteiger partial charge in [-0.3, -0.25) is 10.2 Å². The summed E-state index contributed by atoms with van der Waals surface area (Å²) in [7, 11) is 0. The SMILES string of the molecule is Cc1cc(OC(F)(F)C(=O)NN)cc(C)c1Cl. The quantitative estimate of drug-likeness (QED) is 0.498. The number of aryl methyl sites for hydroxylation is 2. The number of carbonyl (C=O) groups excluding carboxylic acids is 1. The molecule has 3 N–H and O–H groups in total. The molecule has 0 aromatic heterocycles. The first kappa shape index (κ1) is 13.7. The van der Waals surface area contributed by atoms with Crippen LogP contribution in [-0.4, -0.2) is 12.0 Å². The van der Waals surface area contributed by atoms with Crippen LogP contribution in [0.15, 0.2) is 12.1 Å². The number of ether oxygens (including phenoxy) is 1. The summed E-state index contributed by atoms with van der Waals surface area (Å²) >= 11 is 5.87. The highest BCUT2D eigenvalue weighted by Crippen LogP contribution is 2.29. The maximum absolute atomic E-state index is 13.1. The minimum absolute atomic E-state index is 0.155. The number of halogens is 3. The van der Waals surface area contributed by atoms with Crippen LogP contribution in [0.2, 0.25) is 5.02 Å². The molecule has 17 heavy (non-hydrogen) atoms. The zero-order chi connectivity index (χ0) is 13.2. The van der Waals surface area contributed by atoms with Gasteiger partial charge in [0.25, 0.3) is 0 Å². The summed E-state index contributed by atoms with van der Waals surface area (Å²) in [5.74, 6) is 2.74. The van der Waals surface area contributed by atoms with Crippen molar-refractivity contribution in [3.05, 3.63) is 28.3 Å². The Morgan fingerprint density at radius 3 is 2.29 bits per heavy atom. The molecule has 0 saturated carbocycles. The normalized spacial score (nSPS) is 11.2. The van der Waals surface area contributed by atoms with E-state index in [0.29, 0.717) is 16.1 Å². The average molecular weight is 265 g/mol. The number of benzene rings is 1. The van der Waals surface area contributed by atoms with Crippen molar-refractivity contribution in [2.24, 2.45) is 5.84 Å². The van der Waals surface area contributed by atoms with Crippen molar-refractivity contribution in [1.29, 1.82) is 0 Å². The van der Waals surface area contributed by atoms with E-state index in [0.717, 1.165) is 0 Å². The predicted molar refractivity (Wildman–Crippen MR) is 58.8 cm³/mol. The number of nitrogens with two attached hydrogens (primary N) is 1. The van der Waals surface area contributed by atoms with Crippen molar-refractivity contribution in [2.75, 3.05) is 0 Å². The highest BCUT2D eigenvalue weighted by atomic mass is 35.5. The van der Waals surface area contributed by atoms with Gasteiger partial charge in [-0.15, -0.1) is 0 Å². The van der Waals surface area contributed by atoms with Crippen molar-refractivity contribution < 1.29 is 18.3 Å². The highest BCUT2D eigenvalue weighted by molar-refractivity contribution is 6.32. The van der Waals surface area contributed by atoms with E-state index in [1.54, 1.807) is 13.8 Å². The van der Waals surface area contributed by atoms with Gasteiger partial charge in [-0.05, 0) is 37.1 Å². The van der Waals surface area contributed by atoms with Gasteiger partial charge in [0, 0.05) is 5.02 Å². The van der Waals surface area contributed by atoms with Gasteiger partial charge in [0.1, 0.15) is 5.75 Å². The lowest BCUT2D eigenvalue weighted by atomic mass is 10.1. The Balaban J connectivity index is 3.00. The summed E-state index contributed by atoms with van der Waals surface area (Å²) in [6.45, 7) is 3.28. The second kappa shape index (κ2) is 4.85. The zero-order valence-corrected chi connectivity index (χ0v) is 9.94. The first-order valence-corrected chi connectivity index (χ1v) is 5.00. The van der Waals surface area contributed by atoms with Crippen molar-refractivity contribution in [2.45, 2.75) is 20.0 Å². The zero-order valence-electron chi connectivity index (χ0n) is 9.18. The number of carbonyl (C=O) groups is 1. The summed E-state index contributed by atoms with van der Waals surface area (Å²) in [5, 5.41) is 0.462. The van der Waals surface area contributed by atoms with Crippen LogP contribution in [0.25, 0.3) is 0 Å². The summed E-state index contributed by atoms with van der Waals surface area (Å²) in [5.41, 5.74) is 2.48. The number of amides is 1. The van der Waals surface area contributed by atoms with Crippen LogP contribution in [0.3, 0.4) is 0 Å². The molecule has 0 heterocycles. The fourth-order valence-electron chi connectivity index (χ4n) is 1.24. The van der Waals surface area contributed by atoms with Gasteiger partial charge in [-0.2, -0.15) is 8.78 Å². The lowest BCUT2D eigenvalue weighted by molar-refractivity contribution is -0.192. The first-order chi connectivity index (χ1) is 7.77. The molecule has 0 fully saturated rings. The monoisotopic (exact) mass is 264 g/mol. The third kappa shape index (κ3) is 3.04. The van der Waals surface area contributed by atoms with Crippen LogP contribution in [0.5, 0.6) is 5.75 Å². The number of alkyl halides is 2. The number of hydrogen-bond acceptors (Lipinski definition) is 3. The van der Waals surface area contributed by atoms with E-state index in [1.807, 2.05) is 0 Å². The van der Waals surface area contributed by atoms with Gasteiger partial charge in [-0.25, -0.2) is 5.84 Å². The van der Waals surface area contributed by atoms with Crippen LogP contribution in [0.4, 0.5) is 8.78 Å². The maximum atomic E-state index is 13.1. The molecule has 1 aromatic rings. The summed E-state index contributed by atoms with van der Waals surface area (Å²) in [6, 6.07) is 2.63. The topological polar surface area (TPSA) is 64.3 Å². The molecular weight excluding hydrogens is 254 g/mol. The average Bonchev–Trinajstić information content (AvgIpc) is 2.24. The molecule has 0 aliphatic heterocycles. The first-order valence-electron chi connectivity index (χ1n) is 4.62. The Bertz CT molecular complexity index is 429. The van der Waals surface area contributed by atoms with Crippen molar-refractivity contribution >= 4 is 17.5 Å². The largest absolute Gasteiger partial charge is 0.483 e. The third-order valence-electron chi connectivity index (χ3n) is 2.05.